The molecular weight excluding hydrogens is 431 g/mol. The highest BCUT2D eigenvalue weighted by molar-refractivity contribution is 7.92. The van der Waals surface area contributed by atoms with Gasteiger partial charge in [-0.3, -0.25) is 4.68 Å². The van der Waals surface area contributed by atoms with Crippen molar-refractivity contribution in [2.45, 2.75) is 29.2 Å². The molecule has 0 saturated carbocycles. The molecule has 7 nitrogen and oxygen atoms in total. The lowest BCUT2D eigenvalue weighted by molar-refractivity contribution is 0.0698. The third-order valence-electron chi connectivity index (χ3n) is 5.95. The Hall–Kier alpha value is -3.04. The molecule has 2 aliphatic heterocycles. The number of rotatable bonds is 6. The molecule has 1 aromatic heterocycles. The number of hydrogen-bond acceptors (Lipinski definition) is 6. The summed E-state index contributed by atoms with van der Waals surface area (Å²) in [5.74, 6) is -0.392. The molecule has 0 spiro atoms. The second-order valence-corrected chi connectivity index (χ2v) is 10.5. The van der Waals surface area contributed by atoms with Gasteiger partial charge in [0.2, 0.25) is 0 Å². The number of hydrogen-bond donors (Lipinski definition) is 0. The monoisotopic (exact) mass is 454 g/mol. The summed E-state index contributed by atoms with van der Waals surface area (Å²) >= 11 is 0. The Labute approximate surface area is 186 Å². The fourth-order valence-corrected chi connectivity index (χ4v) is 5.90. The van der Waals surface area contributed by atoms with Crippen LogP contribution in [0.5, 0.6) is 0 Å². The summed E-state index contributed by atoms with van der Waals surface area (Å²) in [5.41, 5.74) is 2.40. The Morgan fingerprint density at radius 2 is 1.88 bits per heavy atom. The number of benzene rings is 2. The highest BCUT2D eigenvalue weighted by Gasteiger charge is 2.36. The lowest BCUT2D eigenvalue weighted by Gasteiger charge is -2.35. The molecule has 1 fully saturated rings. The topological polar surface area (TPSA) is 76.8 Å². The number of likely N-dealkylation sites (tertiary alicyclic amines) is 1. The first-order valence-electron chi connectivity index (χ1n) is 10.4. The minimum atomic E-state index is -3.36. The molecule has 2 aromatic carbocycles. The largest absolute Gasteiger partial charge is 0.390 e. The summed E-state index contributed by atoms with van der Waals surface area (Å²) < 4.78 is 42.0. The van der Waals surface area contributed by atoms with Crippen LogP contribution in [0, 0.1) is 5.82 Å². The molecule has 0 N–H and O–H groups in total. The average molecular weight is 455 g/mol. The van der Waals surface area contributed by atoms with Crippen molar-refractivity contribution < 1.29 is 17.6 Å². The fourth-order valence-electron chi connectivity index (χ4n) is 4.10. The van der Waals surface area contributed by atoms with Crippen LogP contribution >= 0.6 is 0 Å². The van der Waals surface area contributed by atoms with E-state index in [1.807, 2.05) is 30.3 Å². The van der Waals surface area contributed by atoms with Gasteiger partial charge in [0.05, 0.1) is 22.4 Å². The van der Waals surface area contributed by atoms with Crippen molar-refractivity contribution in [3.05, 3.63) is 72.3 Å². The molecule has 32 heavy (non-hydrogen) atoms. The van der Waals surface area contributed by atoms with Crippen LogP contribution in [0.25, 0.3) is 11.1 Å². The van der Waals surface area contributed by atoms with Gasteiger partial charge in [-0.05, 0) is 36.9 Å². The molecule has 1 atom stereocenters. The van der Waals surface area contributed by atoms with Gasteiger partial charge in [-0.2, -0.15) is 5.10 Å². The predicted octanol–water partition coefficient (Wildman–Crippen LogP) is 2.97. The van der Waals surface area contributed by atoms with Crippen molar-refractivity contribution in [2.75, 3.05) is 20.1 Å². The van der Waals surface area contributed by atoms with Crippen LogP contribution in [-0.2, 0) is 21.2 Å². The van der Waals surface area contributed by atoms with Gasteiger partial charge in [0.1, 0.15) is 5.82 Å². The molecule has 166 valence electrons. The third kappa shape index (κ3) is 3.93. The first-order chi connectivity index (χ1) is 15.4. The molecule has 5 rings (SSSR count). The van der Waals surface area contributed by atoms with Gasteiger partial charge in [0.15, 0.2) is 15.9 Å². The number of halogens is 1. The molecule has 0 amide bonds. The Bertz CT molecular complexity index is 1250. The zero-order valence-corrected chi connectivity index (χ0v) is 18.4. The van der Waals surface area contributed by atoms with E-state index < -0.39 is 15.7 Å². The molecule has 3 aromatic rings. The normalized spacial score (nSPS) is 19.4. The summed E-state index contributed by atoms with van der Waals surface area (Å²) in [6.07, 6.45) is 4.00. The molecule has 3 heterocycles. The second kappa shape index (κ2) is 8.14. The van der Waals surface area contributed by atoms with Gasteiger partial charge in [-0.15, -0.1) is 0 Å². The lowest BCUT2D eigenvalue weighted by Crippen LogP contribution is -2.52. The summed E-state index contributed by atoms with van der Waals surface area (Å²) in [5, 5.41) is 7.92. The molecule has 0 bridgehead atoms. The Morgan fingerprint density at radius 1 is 1.12 bits per heavy atom. The number of sulfone groups is 1. The van der Waals surface area contributed by atoms with Gasteiger partial charge in [-0.25, -0.2) is 12.8 Å². The molecule has 0 radical (unpaired) electrons. The average Bonchev–Trinajstić information content (AvgIpc) is 3.44. The molecule has 1 saturated heterocycles. The van der Waals surface area contributed by atoms with Crippen molar-refractivity contribution in [2.24, 2.45) is 5.16 Å². The van der Waals surface area contributed by atoms with E-state index in [1.54, 1.807) is 41.2 Å². The van der Waals surface area contributed by atoms with E-state index in [9.17, 15) is 12.8 Å². The van der Waals surface area contributed by atoms with E-state index in [0.717, 1.165) is 0 Å². The van der Waals surface area contributed by atoms with E-state index in [0.29, 0.717) is 48.5 Å². The summed E-state index contributed by atoms with van der Waals surface area (Å²) in [6.45, 7) is 1.65. The van der Waals surface area contributed by atoms with Crippen molar-refractivity contribution in [3.63, 3.8) is 0 Å². The summed E-state index contributed by atoms with van der Waals surface area (Å²) in [7, 11) is -1.46. The standard InChI is InChI=1S/C23H23FN4O3S/c1-27-14-20(15-27)32(29,30)19-6-3-16(4-7-19)21-8-5-17(11-22(21)24)23-12-18(31-26-23)13-28-10-2-9-25-28/h2-11,18,20H,12-15H2,1H3/t18-/m1/s1. The SMILES string of the molecule is CN1CC(S(=O)(=O)c2ccc(-c3ccc(C4=NO[C@@H](Cn5cccn5)C4)cc3F)cc2)C1. The third-order valence-corrected chi connectivity index (χ3v) is 8.05. The van der Waals surface area contributed by atoms with Crippen LogP contribution in [0.4, 0.5) is 4.39 Å². The molecular formula is C23H23FN4O3S. The Balaban J connectivity index is 1.29. The summed E-state index contributed by atoms with van der Waals surface area (Å²) in [6, 6.07) is 13.2. The van der Waals surface area contributed by atoms with Crippen LogP contribution in [0.15, 0.2) is 71.0 Å². The zero-order valence-electron chi connectivity index (χ0n) is 17.6. The summed E-state index contributed by atoms with van der Waals surface area (Å²) in [4.78, 5) is 7.72. The highest BCUT2D eigenvalue weighted by atomic mass is 32.2. The minimum Gasteiger partial charge on any atom is -0.390 e. The molecule has 0 aliphatic carbocycles. The van der Waals surface area contributed by atoms with E-state index in [1.165, 1.54) is 6.07 Å². The maximum Gasteiger partial charge on any atom is 0.183 e. The molecule has 9 heteroatoms. The zero-order chi connectivity index (χ0) is 22.3. The van der Waals surface area contributed by atoms with Gasteiger partial charge in [-0.1, -0.05) is 29.4 Å². The quantitative estimate of drug-likeness (QED) is 0.572. The van der Waals surface area contributed by atoms with E-state index in [2.05, 4.69) is 10.3 Å². The number of nitrogens with zero attached hydrogens (tertiary/aromatic N) is 4. The lowest BCUT2D eigenvalue weighted by atomic mass is 9.99. The number of aromatic nitrogens is 2. The minimum absolute atomic E-state index is 0.141. The maximum absolute atomic E-state index is 14.9. The van der Waals surface area contributed by atoms with E-state index >= 15 is 0 Å². The van der Waals surface area contributed by atoms with Crippen molar-refractivity contribution in [3.8, 4) is 11.1 Å². The van der Waals surface area contributed by atoms with Crippen LogP contribution in [0.1, 0.15) is 12.0 Å². The Kier molecular flexibility index (Phi) is 5.30. The van der Waals surface area contributed by atoms with Crippen LogP contribution in [-0.4, -0.2) is 60.3 Å². The van der Waals surface area contributed by atoms with E-state index in [4.69, 9.17) is 4.84 Å². The van der Waals surface area contributed by atoms with Crippen molar-refractivity contribution in [1.29, 1.82) is 0 Å². The van der Waals surface area contributed by atoms with Gasteiger partial charge in [0, 0.05) is 43.0 Å². The predicted molar refractivity (Wildman–Crippen MR) is 119 cm³/mol. The first-order valence-corrected chi connectivity index (χ1v) is 12.0. The van der Waals surface area contributed by atoms with Crippen LogP contribution in [0.2, 0.25) is 0 Å². The maximum atomic E-state index is 14.9. The second-order valence-electron chi connectivity index (χ2n) is 8.30. The van der Waals surface area contributed by atoms with Crippen LogP contribution in [0.3, 0.4) is 0 Å². The Morgan fingerprint density at radius 3 is 2.53 bits per heavy atom. The van der Waals surface area contributed by atoms with E-state index in [-0.39, 0.29) is 16.2 Å². The fraction of sp³-hybridized carbons (Fsp3) is 0.304. The highest BCUT2D eigenvalue weighted by Crippen LogP contribution is 2.29. The van der Waals surface area contributed by atoms with Gasteiger partial charge < -0.3 is 9.74 Å². The first kappa shape index (κ1) is 20.8. The number of oxime groups is 1. The van der Waals surface area contributed by atoms with Crippen molar-refractivity contribution >= 4 is 15.5 Å². The van der Waals surface area contributed by atoms with Gasteiger partial charge >= 0.3 is 0 Å². The van der Waals surface area contributed by atoms with Crippen molar-refractivity contribution in [1.82, 2.24) is 14.7 Å². The van der Waals surface area contributed by atoms with Crippen LogP contribution < -0.4 is 0 Å². The van der Waals surface area contributed by atoms with Gasteiger partial charge in [0.25, 0.3) is 0 Å². The molecule has 2 aliphatic rings. The smallest absolute Gasteiger partial charge is 0.183 e. The molecule has 0 unspecified atom stereocenters.